The molecule has 1 aliphatic rings. The summed E-state index contributed by atoms with van der Waals surface area (Å²) in [6, 6.07) is 3.69. The molecule has 1 heterocycles. The summed E-state index contributed by atoms with van der Waals surface area (Å²) in [7, 11) is 0. The van der Waals surface area contributed by atoms with Crippen LogP contribution in [-0.4, -0.2) is 42.2 Å². The van der Waals surface area contributed by atoms with E-state index in [0.717, 1.165) is 38.8 Å². The number of rotatable bonds is 7. The molecule has 0 bridgehead atoms. The first-order valence-electron chi connectivity index (χ1n) is 9.24. The zero-order valence-corrected chi connectivity index (χ0v) is 16.1. The average molecular weight is 364 g/mol. The van der Waals surface area contributed by atoms with Crippen LogP contribution >= 0.6 is 11.3 Å². The van der Waals surface area contributed by atoms with Crippen LogP contribution in [-0.2, 0) is 15.1 Å². The number of carbonyl (C=O) groups is 1. The van der Waals surface area contributed by atoms with E-state index in [-0.39, 0.29) is 12.5 Å². The van der Waals surface area contributed by atoms with Crippen molar-refractivity contribution in [2.45, 2.75) is 51.6 Å². The molecule has 4 nitrogen and oxygen atoms in total. The molecule has 0 aliphatic heterocycles. The van der Waals surface area contributed by atoms with Crippen LogP contribution in [0.5, 0.6) is 0 Å². The van der Waals surface area contributed by atoms with Crippen molar-refractivity contribution in [3.8, 4) is 11.8 Å². The van der Waals surface area contributed by atoms with Crippen molar-refractivity contribution in [3.63, 3.8) is 0 Å². The van der Waals surface area contributed by atoms with Gasteiger partial charge in [-0.2, -0.15) is 0 Å². The second-order valence-electron chi connectivity index (χ2n) is 6.47. The average Bonchev–Trinajstić information content (AvgIpc) is 3.19. The monoisotopic (exact) mass is 363 g/mol. The first kappa shape index (κ1) is 20.0. The molecule has 25 heavy (non-hydrogen) atoms. The zero-order valence-electron chi connectivity index (χ0n) is 15.3. The van der Waals surface area contributed by atoms with Gasteiger partial charge in [-0.15, -0.1) is 11.3 Å². The van der Waals surface area contributed by atoms with Crippen LogP contribution in [0.25, 0.3) is 0 Å². The van der Waals surface area contributed by atoms with Gasteiger partial charge in [0.2, 0.25) is 0 Å². The van der Waals surface area contributed by atoms with Gasteiger partial charge in [-0.3, -0.25) is 4.90 Å². The van der Waals surface area contributed by atoms with E-state index in [4.69, 9.17) is 4.74 Å². The van der Waals surface area contributed by atoms with Crippen molar-refractivity contribution >= 4 is 17.3 Å². The van der Waals surface area contributed by atoms with E-state index in [1.807, 2.05) is 17.5 Å². The van der Waals surface area contributed by atoms with Crippen molar-refractivity contribution in [1.82, 2.24) is 4.90 Å². The maximum atomic E-state index is 12.7. The van der Waals surface area contributed by atoms with Crippen LogP contribution in [0, 0.1) is 17.8 Å². The molecule has 0 saturated heterocycles. The summed E-state index contributed by atoms with van der Waals surface area (Å²) in [5, 5.41) is 13.2. The highest BCUT2D eigenvalue weighted by Gasteiger charge is 2.47. The van der Waals surface area contributed by atoms with Gasteiger partial charge in [-0.1, -0.05) is 51.0 Å². The maximum absolute atomic E-state index is 12.7. The van der Waals surface area contributed by atoms with Crippen molar-refractivity contribution < 1.29 is 14.6 Å². The van der Waals surface area contributed by atoms with E-state index in [2.05, 4.69) is 30.6 Å². The number of hydrogen-bond donors (Lipinski definition) is 1. The SMILES string of the molecule is CCN(CC)CC#CCOC(=O)C(O)(c1cccs1)C1CCCCC1. The fourth-order valence-corrected chi connectivity index (χ4v) is 4.25. The summed E-state index contributed by atoms with van der Waals surface area (Å²) in [6.45, 7) is 6.78. The zero-order chi connectivity index (χ0) is 18.1. The number of thiophene rings is 1. The molecule has 0 amide bonds. The van der Waals surface area contributed by atoms with E-state index in [1.54, 1.807) is 0 Å². The predicted octanol–water partition coefficient (Wildman–Crippen LogP) is 3.40. The molecule has 1 aromatic rings. The lowest BCUT2D eigenvalue weighted by molar-refractivity contribution is -0.173. The minimum atomic E-state index is -1.53. The van der Waals surface area contributed by atoms with E-state index < -0.39 is 11.6 Å². The predicted molar refractivity (Wildman–Crippen MR) is 101 cm³/mol. The van der Waals surface area contributed by atoms with Gasteiger partial charge in [0, 0.05) is 10.8 Å². The molecule has 1 saturated carbocycles. The number of carbonyl (C=O) groups excluding carboxylic acids is 1. The third-order valence-corrected chi connectivity index (χ3v) is 6.00. The van der Waals surface area contributed by atoms with Gasteiger partial charge >= 0.3 is 5.97 Å². The summed E-state index contributed by atoms with van der Waals surface area (Å²) in [6.07, 6.45) is 4.99. The second-order valence-corrected chi connectivity index (χ2v) is 7.42. The molecule has 0 spiro atoms. The number of esters is 1. The Morgan fingerprint density at radius 3 is 2.64 bits per heavy atom. The summed E-state index contributed by atoms with van der Waals surface area (Å²) >= 11 is 1.41. The molecule has 1 atom stereocenters. The lowest BCUT2D eigenvalue weighted by Crippen LogP contribution is -2.44. The smallest absolute Gasteiger partial charge is 0.344 e. The molecule has 1 unspecified atom stereocenters. The van der Waals surface area contributed by atoms with Gasteiger partial charge < -0.3 is 9.84 Å². The number of nitrogens with zero attached hydrogens (tertiary/aromatic N) is 1. The van der Waals surface area contributed by atoms with Crippen LogP contribution in [0.15, 0.2) is 17.5 Å². The van der Waals surface area contributed by atoms with Crippen LogP contribution in [0.2, 0.25) is 0 Å². The molecule has 0 aromatic carbocycles. The van der Waals surface area contributed by atoms with E-state index in [1.165, 1.54) is 17.8 Å². The minimum Gasteiger partial charge on any atom is -0.450 e. The van der Waals surface area contributed by atoms with Gasteiger partial charge in [0.15, 0.2) is 12.2 Å². The van der Waals surface area contributed by atoms with Gasteiger partial charge in [0.25, 0.3) is 0 Å². The highest BCUT2D eigenvalue weighted by Crippen LogP contribution is 2.41. The standard InChI is InChI=1S/C20H29NO3S/c1-3-21(4-2)14-8-9-15-24-19(22)20(23,18-13-10-16-25-18)17-11-6-5-7-12-17/h10,13,16-17,23H,3-7,11-12,14-15H2,1-2H3. The van der Waals surface area contributed by atoms with Crippen LogP contribution in [0.1, 0.15) is 50.8 Å². The van der Waals surface area contributed by atoms with E-state index in [0.29, 0.717) is 11.4 Å². The molecule has 0 radical (unpaired) electrons. The summed E-state index contributed by atoms with van der Waals surface area (Å²) in [5.74, 6) is 5.29. The number of aliphatic hydroxyl groups is 1. The van der Waals surface area contributed by atoms with Crippen LogP contribution < -0.4 is 0 Å². The highest BCUT2D eigenvalue weighted by atomic mass is 32.1. The molecule has 5 heteroatoms. The maximum Gasteiger partial charge on any atom is 0.344 e. The van der Waals surface area contributed by atoms with Gasteiger partial charge in [0.05, 0.1) is 6.54 Å². The Morgan fingerprint density at radius 2 is 2.04 bits per heavy atom. The minimum absolute atomic E-state index is 0.0283. The summed E-state index contributed by atoms with van der Waals surface area (Å²) in [4.78, 5) is 15.6. The molecule has 1 N–H and O–H groups in total. The molecule has 138 valence electrons. The van der Waals surface area contributed by atoms with Crippen LogP contribution in [0.4, 0.5) is 0 Å². The lowest BCUT2D eigenvalue weighted by atomic mass is 9.76. The molecular weight excluding hydrogens is 334 g/mol. The third kappa shape index (κ3) is 5.07. The molecule has 1 aromatic heterocycles. The molecule has 1 fully saturated rings. The molecule has 1 aliphatic carbocycles. The second kappa shape index (κ2) is 9.96. The first-order valence-corrected chi connectivity index (χ1v) is 10.1. The first-order chi connectivity index (χ1) is 12.1. The number of ether oxygens (including phenoxy) is 1. The topological polar surface area (TPSA) is 49.8 Å². The van der Waals surface area contributed by atoms with Gasteiger partial charge in [-0.05, 0) is 37.4 Å². The fraction of sp³-hybridized carbons (Fsp3) is 0.650. The van der Waals surface area contributed by atoms with Gasteiger partial charge in [-0.25, -0.2) is 4.79 Å². The van der Waals surface area contributed by atoms with E-state index >= 15 is 0 Å². The number of hydrogen-bond acceptors (Lipinski definition) is 5. The van der Waals surface area contributed by atoms with E-state index in [9.17, 15) is 9.90 Å². The Balaban J connectivity index is 2.00. The Bertz CT molecular complexity index is 580. The van der Waals surface area contributed by atoms with Crippen molar-refractivity contribution in [3.05, 3.63) is 22.4 Å². The largest absolute Gasteiger partial charge is 0.450 e. The molecule has 2 rings (SSSR count). The Hall–Kier alpha value is -1.35. The Kier molecular flexibility index (Phi) is 7.95. The van der Waals surface area contributed by atoms with Crippen molar-refractivity contribution in [2.75, 3.05) is 26.2 Å². The van der Waals surface area contributed by atoms with Gasteiger partial charge in [0.1, 0.15) is 0 Å². The summed E-state index contributed by atoms with van der Waals surface area (Å²) < 4.78 is 5.36. The Morgan fingerprint density at radius 1 is 1.32 bits per heavy atom. The van der Waals surface area contributed by atoms with Crippen molar-refractivity contribution in [2.24, 2.45) is 5.92 Å². The Labute approximate surface area is 155 Å². The fourth-order valence-electron chi connectivity index (χ4n) is 3.36. The van der Waals surface area contributed by atoms with Crippen molar-refractivity contribution in [1.29, 1.82) is 0 Å². The molecular formula is C20H29NO3S. The normalized spacial score (nSPS) is 17.6. The third-order valence-electron chi connectivity index (χ3n) is 5.00. The van der Waals surface area contributed by atoms with Crippen LogP contribution in [0.3, 0.4) is 0 Å². The quantitative estimate of drug-likeness (QED) is 0.596. The highest BCUT2D eigenvalue weighted by molar-refractivity contribution is 7.10. The lowest BCUT2D eigenvalue weighted by Gasteiger charge is -2.35. The summed E-state index contributed by atoms with van der Waals surface area (Å²) in [5.41, 5.74) is -1.53.